The Balaban J connectivity index is 1.84. The minimum absolute atomic E-state index is 0.0493. The first-order chi connectivity index (χ1) is 17.0. The summed E-state index contributed by atoms with van der Waals surface area (Å²) in [5.41, 5.74) is 0.0275. The van der Waals surface area contributed by atoms with E-state index in [1.54, 1.807) is 25.3 Å². The Hall–Kier alpha value is -3.64. The van der Waals surface area contributed by atoms with Crippen LogP contribution in [0.5, 0.6) is 0 Å². The van der Waals surface area contributed by atoms with Crippen molar-refractivity contribution in [2.75, 3.05) is 11.3 Å². The normalized spacial score (nSPS) is 12.7. The van der Waals surface area contributed by atoms with E-state index < -0.39 is 26.7 Å². The van der Waals surface area contributed by atoms with Crippen molar-refractivity contribution in [1.29, 1.82) is 0 Å². The molecule has 3 heterocycles. The number of hydrogen-bond donors (Lipinski definition) is 2. The number of hydrogen-bond acceptors (Lipinski definition) is 6. The van der Waals surface area contributed by atoms with Crippen LogP contribution in [0, 0.1) is 6.92 Å². The number of nitrogens with one attached hydrogen (secondary N) is 2. The zero-order valence-electron chi connectivity index (χ0n) is 18.9. The number of oxime groups is 1. The summed E-state index contributed by atoms with van der Waals surface area (Å²) in [6.45, 7) is 3.18. The number of anilines is 1. The highest BCUT2D eigenvalue weighted by Gasteiger charge is 2.34. The second-order valence-corrected chi connectivity index (χ2v) is 9.70. The highest BCUT2D eigenvalue weighted by atomic mass is 35.5. The summed E-state index contributed by atoms with van der Waals surface area (Å²) in [6.07, 6.45) is -0.230. The van der Waals surface area contributed by atoms with Crippen molar-refractivity contribution < 1.29 is 26.4 Å². The number of aryl methyl sites for hydroxylation is 1. The van der Waals surface area contributed by atoms with Gasteiger partial charge < -0.3 is 9.82 Å². The smallest absolute Gasteiger partial charge is 0.396 e. The van der Waals surface area contributed by atoms with Crippen LogP contribution < -0.4 is 4.72 Å². The summed E-state index contributed by atoms with van der Waals surface area (Å²) in [5.74, 6) is 0. The molecule has 36 heavy (non-hydrogen) atoms. The van der Waals surface area contributed by atoms with Gasteiger partial charge in [-0.25, -0.2) is 13.4 Å². The lowest BCUT2D eigenvalue weighted by Crippen LogP contribution is -2.19. The maximum atomic E-state index is 13.4. The number of pyridine rings is 2. The molecular formula is C23H19ClF3N5O3S. The molecule has 0 spiro atoms. The first-order valence-electron chi connectivity index (χ1n) is 10.5. The topological polar surface area (TPSA) is 109 Å². The molecule has 0 amide bonds. The Morgan fingerprint density at radius 3 is 2.69 bits per heavy atom. The van der Waals surface area contributed by atoms with Gasteiger partial charge in [-0.3, -0.25) is 9.71 Å². The maximum Gasteiger partial charge on any atom is 0.416 e. The number of sulfonamides is 1. The third-order valence-corrected chi connectivity index (χ3v) is 6.72. The summed E-state index contributed by atoms with van der Waals surface area (Å²) in [5, 5.41) is 4.90. The zero-order valence-corrected chi connectivity index (χ0v) is 20.5. The first-order valence-corrected chi connectivity index (χ1v) is 12.4. The van der Waals surface area contributed by atoms with Gasteiger partial charge in [-0.05, 0) is 49.7 Å². The minimum atomic E-state index is -4.72. The number of aromatic nitrogens is 3. The number of alkyl halides is 3. The standard InChI is InChI=1S/C23H19ClF3N5O3S/c1-3-35-31-20(16-6-8-28-22-17(16)7-9-29-22)21-19(10-14(24)12-30-21)32-36(33,34)15-5-4-13(2)18(11-15)23(25,26)27/h4-12,32H,3H2,1-2H3,(H,28,29)/b31-20-. The number of benzene rings is 1. The molecule has 3 aromatic heterocycles. The molecule has 8 nitrogen and oxygen atoms in total. The average molecular weight is 538 g/mol. The fourth-order valence-electron chi connectivity index (χ4n) is 3.50. The van der Waals surface area contributed by atoms with Gasteiger partial charge in [-0.15, -0.1) is 0 Å². The van der Waals surface area contributed by atoms with Crippen LogP contribution in [0.4, 0.5) is 18.9 Å². The van der Waals surface area contributed by atoms with E-state index in [-0.39, 0.29) is 34.3 Å². The van der Waals surface area contributed by atoms with Crippen molar-refractivity contribution in [3.63, 3.8) is 0 Å². The highest BCUT2D eigenvalue weighted by Crippen LogP contribution is 2.34. The van der Waals surface area contributed by atoms with Gasteiger partial charge in [0, 0.05) is 29.5 Å². The van der Waals surface area contributed by atoms with E-state index in [2.05, 4.69) is 24.8 Å². The lowest BCUT2D eigenvalue weighted by molar-refractivity contribution is -0.138. The molecule has 0 aliphatic heterocycles. The second-order valence-electron chi connectivity index (χ2n) is 7.59. The van der Waals surface area contributed by atoms with Crippen molar-refractivity contribution in [1.82, 2.24) is 15.0 Å². The van der Waals surface area contributed by atoms with Gasteiger partial charge in [0.1, 0.15) is 23.7 Å². The average Bonchev–Trinajstić information content (AvgIpc) is 3.29. The Labute approximate surface area is 209 Å². The van der Waals surface area contributed by atoms with E-state index in [1.165, 1.54) is 25.4 Å². The van der Waals surface area contributed by atoms with Crippen LogP contribution in [0.25, 0.3) is 11.0 Å². The predicted molar refractivity (Wildman–Crippen MR) is 130 cm³/mol. The molecule has 1 aromatic carbocycles. The first kappa shape index (κ1) is 25.5. The number of halogens is 4. The lowest BCUT2D eigenvalue weighted by atomic mass is 10.0. The van der Waals surface area contributed by atoms with E-state index in [0.29, 0.717) is 22.7 Å². The van der Waals surface area contributed by atoms with Crippen molar-refractivity contribution >= 4 is 44.1 Å². The third kappa shape index (κ3) is 5.14. The molecule has 4 aromatic rings. The summed E-state index contributed by atoms with van der Waals surface area (Å²) in [7, 11) is -4.48. The van der Waals surface area contributed by atoms with Crippen LogP contribution >= 0.6 is 11.6 Å². The molecule has 13 heteroatoms. The van der Waals surface area contributed by atoms with Gasteiger partial charge >= 0.3 is 6.18 Å². The third-order valence-electron chi connectivity index (χ3n) is 5.15. The monoisotopic (exact) mass is 537 g/mol. The van der Waals surface area contributed by atoms with Crippen molar-refractivity contribution in [2.45, 2.75) is 24.9 Å². The molecule has 0 saturated carbocycles. The molecule has 4 rings (SSSR count). The van der Waals surface area contributed by atoms with Gasteiger partial charge in [0.2, 0.25) is 0 Å². The van der Waals surface area contributed by atoms with Crippen molar-refractivity contribution in [3.05, 3.63) is 82.4 Å². The van der Waals surface area contributed by atoms with E-state index in [1.807, 2.05) is 0 Å². The molecular weight excluding hydrogens is 519 g/mol. The molecule has 0 aliphatic carbocycles. The predicted octanol–water partition coefficient (Wildman–Crippen LogP) is 5.53. The van der Waals surface area contributed by atoms with E-state index >= 15 is 0 Å². The molecule has 188 valence electrons. The lowest BCUT2D eigenvalue weighted by Gasteiger charge is -2.16. The molecule has 0 atom stereocenters. The Bertz CT molecular complexity index is 1570. The summed E-state index contributed by atoms with van der Waals surface area (Å²) < 4.78 is 68.8. The Kier molecular flexibility index (Phi) is 6.92. The number of fused-ring (bicyclic) bond motifs is 1. The number of rotatable bonds is 7. The van der Waals surface area contributed by atoms with Crippen molar-refractivity contribution in [3.8, 4) is 0 Å². The quantitative estimate of drug-likeness (QED) is 0.238. The number of H-pyrrole nitrogens is 1. The van der Waals surface area contributed by atoms with Crippen LogP contribution in [0.1, 0.15) is 29.3 Å². The SMILES string of the molecule is CCO/N=C(\c1ncc(Cl)cc1NS(=O)(=O)c1ccc(C)c(C(F)(F)F)c1)c1ccnc2[nH]ccc12. The summed E-state index contributed by atoms with van der Waals surface area (Å²) >= 11 is 6.10. The van der Waals surface area contributed by atoms with Gasteiger partial charge in [0.15, 0.2) is 0 Å². The van der Waals surface area contributed by atoms with Gasteiger partial charge in [-0.2, -0.15) is 13.2 Å². The van der Waals surface area contributed by atoms with Crippen LogP contribution in [-0.4, -0.2) is 35.7 Å². The van der Waals surface area contributed by atoms with Gasteiger partial charge in [0.25, 0.3) is 10.0 Å². The van der Waals surface area contributed by atoms with Crippen LogP contribution in [0.2, 0.25) is 5.02 Å². The van der Waals surface area contributed by atoms with E-state index in [0.717, 1.165) is 12.1 Å². The van der Waals surface area contributed by atoms with Crippen LogP contribution in [0.3, 0.4) is 0 Å². The molecule has 0 aliphatic rings. The highest BCUT2D eigenvalue weighted by molar-refractivity contribution is 7.92. The van der Waals surface area contributed by atoms with Crippen LogP contribution in [0.15, 0.2) is 65.0 Å². The number of aromatic amines is 1. The minimum Gasteiger partial charge on any atom is -0.396 e. The maximum absolute atomic E-state index is 13.4. The second kappa shape index (κ2) is 9.78. The zero-order chi connectivity index (χ0) is 26.1. The van der Waals surface area contributed by atoms with Gasteiger partial charge in [0.05, 0.1) is 21.2 Å². The molecule has 0 radical (unpaired) electrons. The molecule has 0 saturated heterocycles. The summed E-state index contributed by atoms with van der Waals surface area (Å²) in [4.78, 5) is 16.2. The fraction of sp³-hybridized carbons (Fsp3) is 0.174. The number of nitrogens with zero attached hydrogens (tertiary/aromatic N) is 3. The molecule has 0 fully saturated rings. The van der Waals surface area contributed by atoms with Crippen molar-refractivity contribution in [2.24, 2.45) is 5.16 Å². The van der Waals surface area contributed by atoms with E-state index in [9.17, 15) is 21.6 Å². The van der Waals surface area contributed by atoms with Crippen LogP contribution in [-0.2, 0) is 21.0 Å². The Morgan fingerprint density at radius 2 is 1.97 bits per heavy atom. The Morgan fingerprint density at radius 1 is 1.19 bits per heavy atom. The molecule has 0 unspecified atom stereocenters. The van der Waals surface area contributed by atoms with E-state index in [4.69, 9.17) is 16.4 Å². The largest absolute Gasteiger partial charge is 0.416 e. The van der Waals surface area contributed by atoms with Gasteiger partial charge in [-0.1, -0.05) is 22.8 Å². The fourth-order valence-corrected chi connectivity index (χ4v) is 4.74. The summed E-state index contributed by atoms with van der Waals surface area (Å²) in [6, 6.07) is 7.46. The molecule has 0 bridgehead atoms. The molecule has 2 N–H and O–H groups in total.